The first-order valence-corrected chi connectivity index (χ1v) is 26.0. The summed E-state index contributed by atoms with van der Waals surface area (Å²) in [7, 11) is 0. The van der Waals surface area contributed by atoms with Crippen LogP contribution in [0.15, 0.2) is 164 Å². The van der Waals surface area contributed by atoms with Crippen LogP contribution in [-0.2, 0) is 0 Å². The summed E-state index contributed by atoms with van der Waals surface area (Å²) in [5.41, 5.74) is 11.5. The van der Waals surface area contributed by atoms with E-state index in [0.29, 0.717) is 0 Å². The molecular formula is C65H98. The Morgan fingerprint density at radius 3 is 0.723 bits per heavy atom. The fourth-order valence-electron chi connectivity index (χ4n) is 6.13. The third-order valence-electron chi connectivity index (χ3n) is 10.3. The maximum atomic E-state index is 2.34. The highest BCUT2D eigenvalue weighted by Crippen LogP contribution is 2.25. The lowest BCUT2D eigenvalue weighted by molar-refractivity contribution is 0.612. The minimum atomic E-state index is 1.05. The van der Waals surface area contributed by atoms with Crippen LogP contribution in [-0.4, -0.2) is 0 Å². The molecule has 0 atom stereocenters. The molecule has 0 heterocycles. The number of aryl methyl sites for hydroxylation is 3. The predicted octanol–water partition coefficient (Wildman–Crippen LogP) is 22.2. The maximum Gasteiger partial charge on any atom is -0.0184 e. The molecule has 7 rings (SSSR count). The van der Waals surface area contributed by atoms with Gasteiger partial charge in [-0.1, -0.05) is 347 Å². The van der Waals surface area contributed by atoms with Gasteiger partial charge in [0.1, 0.15) is 0 Å². The lowest BCUT2D eigenvalue weighted by atomic mass is 10.00. The number of unbranched alkanes of at least 4 members (excludes halogenated alkanes) is 6. The molecule has 0 spiro atoms. The van der Waals surface area contributed by atoms with E-state index in [4.69, 9.17) is 0 Å². The molecule has 1 aliphatic rings. The molecule has 0 nitrogen and oxygen atoms in total. The first kappa shape index (κ1) is 62.4. The Bertz CT molecular complexity index is 1770. The molecule has 1 saturated carbocycles. The molecule has 0 saturated heterocycles. The van der Waals surface area contributed by atoms with Crippen molar-refractivity contribution in [3.05, 3.63) is 180 Å². The van der Waals surface area contributed by atoms with Gasteiger partial charge < -0.3 is 0 Å². The molecule has 0 aliphatic heterocycles. The highest BCUT2D eigenvalue weighted by Gasteiger charge is 2.07. The first-order valence-electron chi connectivity index (χ1n) is 26.0. The van der Waals surface area contributed by atoms with Crippen LogP contribution in [0, 0.1) is 26.7 Å². The van der Waals surface area contributed by atoms with E-state index in [1.54, 1.807) is 0 Å². The second-order valence-electron chi connectivity index (χ2n) is 16.9. The average molecular weight is 879 g/mol. The summed E-state index contributed by atoms with van der Waals surface area (Å²) in [6.45, 7) is 30.1. The minimum absolute atomic E-state index is 1.05. The van der Waals surface area contributed by atoms with Crippen LogP contribution in [0.1, 0.15) is 183 Å². The zero-order chi connectivity index (χ0) is 48.8. The Hall–Kier alpha value is -4.68. The van der Waals surface area contributed by atoms with Crippen molar-refractivity contribution in [1.82, 2.24) is 0 Å². The Morgan fingerprint density at radius 1 is 0.308 bits per heavy atom. The van der Waals surface area contributed by atoms with Gasteiger partial charge in [-0.2, -0.15) is 0 Å². The SMILES string of the molecule is CC.CC1CCCC1.CCC.CCCC.CCCCC.CCCCCC.Cc1ccc(-c2ccc(-c3ccccc3)cc2)cc1.Cc1ccc(-c2ccccc2)cc1.Cc1ccccc1. The molecule has 0 amide bonds. The van der Waals surface area contributed by atoms with Gasteiger partial charge in [0.05, 0.1) is 0 Å². The Balaban J connectivity index is 0. The van der Waals surface area contributed by atoms with E-state index >= 15 is 0 Å². The molecule has 0 bridgehead atoms. The van der Waals surface area contributed by atoms with Gasteiger partial charge >= 0.3 is 0 Å². The second kappa shape index (κ2) is 45.9. The van der Waals surface area contributed by atoms with E-state index in [9.17, 15) is 0 Å². The Labute approximate surface area is 404 Å². The normalized spacial score (nSPS) is 10.6. The van der Waals surface area contributed by atoms with E-state index in [-0.39, 0.29) is 0 Å². The lowest BCUT2D eigenvalue weighted by Crippen LogP contribution is -1.80. The van der Waals surface area contributed by atoms with E-state index in [0.717, 1.165) is 5.92 Å². The van der Waals surface area contributed by atoms with Crippen LogP contribution in [0.25, 0.3) is 33.4 Å². The summed E-state index contributed by atoms with van der Waals surface area (Å²) in [6.07, 6.45) is 19.4. The van der Waals surface area contributed by atoms with Crippen molar-refractivity contribution in [2.75, 3.05) is 0 Å². The van der Waals surface area contributed by atoms with Gasteiger partial charge in [0.25, 0.3) is 0 Å². The fraction of sp³-hybridized carbons (Fsp3) is 0.446. The molecule has 1 fully saturated rings. The lowest BCUT2D eigenvalue weighted by Gasteiger charge is -2.05. The number of hydrogen-bond donors (Lipinski definition) is 0. The minimum Gasteiger partial charge on any atom is -0.0683 e. The van der Waals surface area contributed by atoms with Gasteiger partial charge in [0.15, 0.2) is 0 Å². The quantitative estimate of drug-likeness (QED) is 0.127. The molecule has 65 heavy (non-hydrogen) atoms. The first-order chi connectivity index (χ1) is 31.6. The Morgan fingerprint density at radius 2 is 0.538 bits per heavy atom. The molecule has 358 valence electrons. The summed E-state index contributed by atoms with van der Waals surface area (Å²) in [6, 6.07) is 57.2. The van der Waals surface area contributed by atoms with Crippen molar-refractivity contribution < 1.29 is 0 Å². The van der Waals surface area contributed by atoms with Crippen LogP contribution in [0.3, 0.4) is 0 Å². The zero-order valence-electron chi connectivity index (χ0n) is 44.6. The largest absolute Gasteiger partial charge is 0.0683 e. The standard InChI is InChI=1S/C19H16.C13H12.C7H8.C6H12.C6H14.C5H12.C4H10.C3H8.C2H6/c1-15-7-9-17(10-8-15)19-13-11-18(12-14-19)16-5-3-2-4-6-16;1-11-7-9-13(10-8-11)12-5-3-2-4-6-12;1-7-5-3-2-4-6-7;1-6-4-2-3-5-6;1-3-5-6-4-2;1-3-5-4-2;1-3-4-2;1-3-2;1-2/h2-14H,1H3;2-10H,1H3;2-6H,1H3;6H,2-5H2,1H3;3-6H2,1-2H3;3-5H2,1-2H3;3-4H2,1-2H3;3H2,1-2H3;1-2H3. The maximum absolute atomic E-state index is 2.34. The third kappa shape index (κ3) is 35.3. The van der Waals surface area contributed by atoms with Crippen LogP contribution in [0.4, 0.5) is 0 Å². The molecule has 0 heteroatoms. The van der Waals surface area contributed by atoms with Crippen molar-refractivity contribution in [3.63, 3.8) is 0 Å². The van der Waals surface area contributed by atoms with Crippen LogP contribution in [0.5, 0.6) is 0 Å². The highest BCUT2D eigenvalue weighted by molar-refractivity contribution is 5.70. The van der Waals surface area contributed by atoms with Crippen molar-refractivity contribution in [2.24, 2.45) is 5.92 Å². The summed E-state index contributed by atoms with van der Waals surface area (Å²) in [5.74, 6) is 1.05. The molecular weight excluding hydrogens is 781 g/mol. The summed E-state index contributed by atoms with van der Waals surface area (Å²) >= 11 is 0. The van der Waals surface area contributed by atoms with Gasteiger partial charge in [0.2, 0.25) is 0 Å². The van der Waals surface area contributed by atoms with Gasteiger partial charge in [-0.3, -0.25) is 0 Å². The number of hydrogen-bond acceptors (Lipinski definition) is 0. The predicted molar refractivity (Wildman–Crippen MR) is 300 cm³/mol. The van der Waals surface area contributed by atoms with Crippen LogP contribution < -0.4 is 0 Å². The summed E-state index contributed by atoms with van der Waals surface area (Å²) in [5, 5.41) is 0. The molecule has 6 aromatic carbocycles. The third-order valence-corrected chi connectivity index (χ3v) is 10.3. The van der Waals surface area contributed by atoms with Crippen molar-refractivity contribution in [2.45, 2.75) is 187 Å². The summed E-state index contributed by atoms with van der Waals surface area (Å²) in [4.78, 5) is 0. The second-order valence-corrected chi connectivity index (χ2v) is 16.9. The summed E-state index contributed by atoms with van der Waals surface area (Å²) < 4.78 is 0. The topological polar surface area (TPSA) is 0 Å². The van der Waals surface area contributed by atoms with Crippen molar-refractivity contribution in [3.8, 4) is 33.4 Å². The van der Waals surface area contributed by atoms with Crippen molar-refractivity contribution >= 4 is 0 Å². The van der Waals surface area contributed by atoms with Gasteiger partial charge in [0, 0.05) is 0 Å². The average Bonchev–Trinajstić information content (AvgIpc) is 3.85. The molecule has 6 aromatic rings. The van der Waals surface area contributed by atoms with E-state index in [1.165, 1.54) is 140 Å². The molecule has 0 unspecified atom stereocenters. The molecule has 0 aromatic heterocycles. The molecule has 0 N–H and O–H groups in total. The molecule has 1 aliphatic carbocycles. The Kier molecular flexibility index (Phi) is 44.0. The molecule has 0 radical (unpaired) electrons. The van der Waals surface area contributed by atoms with Gasteiger partial charge in [-0.15, -0.1) is 0 Å². The monoisotopic (exact) mass is 879 g/mol. The zero-order valence-corrected chi connectivity index (χ0v) is 44.6. The number of benzene rings is 6. The van der Waals surface area contributed by atoms with E-state index in [2.05, 4.69) is 217 Å². The van der Waals surface area contributed by atoms with Crippen LogP contribution >= 0.6 is 0 Å². The van der Waals surface area contributed by atoms with Crippen molar-refractivity contribution in [1.29, 1.82) is 0 Å². The van der Waals surface area contributed by atoms with Gasteiger partial charge in [-0.25, -0.2) is 0 Å². The fourth-order valence-corrected chi connectivity index (χ4v) is 6.13. The highest BCUT2D eigenvalue weighted by atomic mass is 14.1. The smallest absolute Gasteiger partial charge is 0.0184 e. The van der Waals surface area contributed by atoms with E-state index < -0.39 is 0 Å². The number of rotatable bonds is 9. The van der Waals surface area contributed by atoms with Gasteiger partial charge in [-0.05, 0) is 60.1 Å². The van der Waals surface area contributed by atoms with Crippen LogP contribution in [0.2, 0.25) is 0 Å². The van der Waals surface area contributed by atoms with E-state index in [1.807, 2.05) is 44.2 Å².